The molecule has 0 spiro atoms. The maximum Gasteiger partial charge on any atom is 0.217 e. The highest BCUT2D eigenvalue weighted by atomic mass is 16.5. The molecule has 3 aromatic heterocycles. The Kier molecular flexibility index (Phi) is 3.17. The predicted octanol–water partition coefficient (Wildman–Crippen LogP) is 2.05. The minimum atomic E-state index is -2.93. The summed E-state index contributed by atoms with van der Waals surface area (Å²) in [5.74, 6) is -0.560. The highest BCUT2D eigenvalue weighted by molar-refractivity contribution is 6.08. The molecule has 0 amide bonds. The van der Waals surface area contributed by atoms with Gasteiger partial charge in [0.25, 0.3) is 0 Å². The number of aryl methyl sites for hydroxylation is 1. The van der Waals surface area contributed by atoms with E-state index in [0.717, 1.165) is 0 Å². The van der Waals surface area contributed by atoms with Crippen LogP contribution in [0.5, 0.6) is 5.75 Å². The Bertz CT molecular complexity index is 1620. The Morgan fingerprint density at radius 3 is 2.87 bits per heavy atom. The molecule has 0 aliphatic heterocycles. The van der Waals surface area contributed by atoms with Crippen molar-refractivity contribution >= 4 is 5.78 Å². The molecule has 4 aromatic rings. The van der Waals surface area contributed by atoms with Crippen LogP contribution >= 0.6 is 0 Å². The molecule has 0 saturated heterocycles. The first-order chi connectivity index (χ1) is 17.9. The fraction of sp³-hybridized carbons (Fsp3) is 0.143. The number of aromatic nitrogens is 6. The molecular formula is C21H18N6O3. The van der Waals surface area contributed by atoms with Crippen LogP contribution < -0.4 is 10.2 Å². The van der Waals surface area contributed by atoms with Crippen molar-refractivity contribution in [3.8, 4) is 22.8 Å². The summed E-state index contributed by atoms with van der Waals surface area (Å²) in [5.41, 5.74) is -2.84. The summed E-state index contributed by atoms with van der Waals surface area (Å²) in [4.78, 5) is 34.4. The Morgan fingerprint density at radius 1 is 1.30 bits per heavy atom. The minimum Gasteiger partial charge on any atom is -0.491 e. The van der Waals surface area contributed by atoms with Crippen LogP contribution in [-0.4, -0.2) is 41.9 Å². The highest BCUT2D eigenvalue weighted by Crippen LogP contribution is 2.19. The molecule has 0 bridgehead atoms. The number of hydrogen-bond acceptors (Lipinski definition) is 7. The molecule has 0 aliphatic carbocycles. The third kappa shape index (κ3) is 3.86. The molecular weight excluding hydrogens is 384 g/mol. The molecule has 0 N–H and O–H groups in total. The summed E-state index contributed by atoms with van der Waals surface area (Å²) in [6.45, 7) is -0.744. The minimum absolute atomic E-state index is 0.107. The summed E-state index contributed by atoms with van der Waals surface area (Å²) >= 11 is 0. The van der Waals surface area contributed by atoms with Gasteiger partial charge in [-0.05, 0) is 13.0 Å². The predicted molar refractivity (Wildman–Crippen MR) is 109 cm³/mol. The molecule has 0 unspecified atom stereocenters. The molecule has 30 heavy (non-hydrogen) atoms. The lowest BCUT2D eigenvalue weighted by atomic mass is 10.0. The van der Waals surface area contributed by atoms with E-state index in [9.17, 15) is 9.59 Å². The average Bonchev–Trinajstić information content (AvgIpc) is 3.17. The van der Waals surface area contributed by atoms with E-state index in [1.165, 1.54) is 30.6 Å². The smallest absolute Gasteiger partial charge is 0.217 e. The normalized spacial score (nSPS) is 15.0. The molecule has 3 heterocycles. The van der Waals surface area contributed by atoms with Gasteiger partial charge in [-0.1, -0.05) is 18.2 Å². The quantitative estimate of drug-likeness (QED) is 0.448. The summed E-state index contributed by atoms with van der Waals surface area (Å²) in [6, 6.07) is 2.86. The van der Waals surface area contributed by atoms with Crippen molar-refractivity contribution in [2.75, 3.05) is 6.61 Å². The summed E-state index contributed by atoms with van der Waals surface area (Å²) < 4.78 is 69.2. The van der Waals surface area contributed by atoms with Crippen molar-refractivity contribution in [1.29, 1.82) is 0 Å². The number of nitrogens with zero attached hydrogens (tertiary/aromatic N) is 6. The lowest BCUT2D eigenvalue weighted by Crippen LogP contribution is -2.21. The van der Waals surface area contributed by atoms with E-state index in [0.29, 0.717) is 17.0 Å². The van der Waals surface area contributed by atoms with Crippen LogP contribution in [0.25, 0.3) is 17.1 Å². The number of ketones is 1. The van der Waals surface area contributed by atoms with Gasteiger partial charge in [-0.25, -0.2) is 14.6 Å². The fourth-order valence-electron chi connectivity index (χ4n) is 2.49. The first-order valence-electron chi connectivity index (χ1n) is 12.6. The second-order valence-electron chi connectivity index (χ2n) is 5.79. The van der Waals surface area contributed by atoms with Crippen molar-refractivity contribution in [3.05, 3.63) is 82.7 Å². The van der Waals surface area contributed by atoms with E-state index in [1.807, 2.05) is 0 Å². The third-order valence-corrected chi connectivity index (χ3v) is 3.80. The van der Waals surface area contributed by atoms with Crippen molar-refractivity contribution in [3.63, 3.8) is 0 Å². The number of ether oxygens (including phenoxy) is 1. The highest BCUT2D eigenvalue weighted by Gasteiger charge is 2.17. The second-order valence-corrected chi connectivity index (χ2v) is 5.79. The van der Waals surface area contributed by atoms with Gasteiger partial charge in [0.2, 0.25) is 11.2 Å². The Morgan fingerprint density at radius 2 is 2.13 bits per heavy atom. The zero-order chi connectivity index (χ0) is 27.9. The average molecular weight is 410 g/mol. The molecule has 9 nitrogen and oxygen atoms in total. The topological polar surface area (TPSA) is 105 Å². The maximum absolute atomic E-state index is 13.4. The molecule has 0 fully saturated rings. The lowest BCUT2D eigenvalue weighted by molar-refractivity contribution is 0.103. The van der Waals surface area contributed by atoms with Crippen LogP contribution in [0.1, 0.15) is 33.9 Å². The van der Waals surface area contributed by atoms with Crippen molar-refractivity contribution in [2.24, 2.45) is 6.98 Å². The van der Waals surface area contributed by atoms with E-state index < -0.39 is 54.1 Å². The number of carbonyl (C=O) groups excluding carboxylic acids is 1. The van der Waals surface area contributed by atoms with Gasteiger partial charge in [0, 0.05) is 34.4 Å². The second kappa shape index (κ2) is 8.08. The molecule has 0 saturated carbocycles. The van der Waals surface area contributed by atoms with E-state index in [2.05, 4.69) is 20.2 Å². The van der Waals surface area contributed by atoms with Crippen molar-refractivity contribution < 1.29 is 20.5 Å². The monoisotopic (exact) mass is 410 g/mol. The Hall–Kier alpha value is -4.14. The zero-order valence-electron chi connectivity index (χ0n) is 23.5. The maximum atomic E-state index is 13.4. The number of rotatable bonds is 6. The van der Waals surface area contributed by atoms with Crippen LogP contribution in [0.15, 0.2) is 66.0 Å². The van der Waals surface area contributed by atoms with E-state index in [-0.39, 0.29) is 27.7 Å². The van der Waals surface area contributed by atoms with Crippen molar-refractivity contribution in [1.82, 2.24) is 29.5 Å². The standard InChI is InChI=1S/C21H18N6O3/c1-3-30-17-11-22-21(23-12-17)15-6-4-5-14(9-15)20(29)19-18(28)7-8-27(25-19)16-10-24-26(2)13-16/h4-13H,3H2,1-2H3/i2D3,7D,8D,9D,10D,13D. The zero-order valence-corrected chi connectivity index (χ0v) is 15.5. The number of carbonyl (C=O) groups is 1. The van der Waals surface area contributed by atoms with Gasteiger partial charge in [0.15, 0.2) is 17.3 Å². The first kappa shape index (κ1) is 11.8. The van der Waals surface area contributed by atoms with Gasteiger partial charge in [0.1, 0.15) is 5.69 Å². The fourth-order valence-corrected chi connectivity index (χ4v) is 2.49. The molecule has 9 heteroatoms. The van der Waals surface area contributed by atoms with Gasteiger partial charge in [-0.15, -0.1) is 0 Å². The van der Waals surface area contributed by atoms with Gasteiger partial charge in [0.05, 0.1) is 38.2 Å². The summed E-state index contributed by atoms with van der Waals surface area (Å²) in [6.07, 6.45) is 0.296. The molecule has 4 rings (SSSR count). The van der Waals surface area contributed by atoms with Gasteiger partial charge in [-0.2, -0.15) is 10.2 Å². The van der Waals surface area contributed by atoms with Crippen LogP contribution in [-0.2, 0) is 6.98 Å². The molecule has 0 aliphatic rings. The molecule has 0 radical (unpaired) electrons. The van der Waals surface area contributed by atoms with Crippen LogP contribution in [0, 0.1) is 0 Å². The van der Waals surface area contributed by atoms with Crippen LogP contribution in [0.4, 0.5) is 0 Å². The van der Waals surface area contributed by atoms with Crippen LogP contribution in [0.2, 0.25) is 0 Å². The Balaban J connectivity index is 1.85. The van der Waals surface area contributed by atoms with Gasteiger partial charge in [-0.3, -0.25) is 14.3 Å². The van der Waals surface area contributed by atoms with Crippen molar-refractivity contribution in [2.45, 2.75) is 6.92 Å². The largest absolute Gasteiger partial charge is 0.491 e. The number of hydrogen-bond donors (Lipinski definition) is 0. The van der Waals surface area contributed by atoms with Gasteiger partial charge >= 0.3 is 0 Å². The molecule has 150 valence electrons. The number of benzene rings is 1. The SMILES string of the molecule is [2H]c1nn(C([2H])([2H])[2H])c([2H])c1-n1nc(C(=O)c2cccc(-c3ncc(OCC)cn3)c2[2H])c(=O)c([2H])c1[2H]. The third-order valence-electron chi connectivity index (χ3n) is 3.80. The molecule has 1 aromatic carbocycles. The lowest BCUT2D eigenvalue weighted by Gasteiger charge is -2.07. The van der Waals surface area contributed by atoms with Crippen LogP contribution in [0.3, 0.4) is 0 Å². The van der Waals surface area contributed by atoms with E-state index >= 15 is 0 Å². The first-order valence-corrected chi connectivity index (χ1v) is 8.63. The van der Waals surface area contributed by atoms with E-state index in [1.54, 1.807) is 6.92 Å². The van der Waals surface area contributed by atoms with Gasteiger partial charge < -0.3 is 4.74 Å². The van der Waals surface area contributed by atoms with E-state index in [4.69, 9.17) is 15.7 Å². The summed E-state index contributed by atoms with van der Waals surface area (Å²) in [5, 5.41) is 7.28. The summed E-state index contributed by atoms with van der Waals surface area (Å²) in [7, 11) is 0. The Labute approximate surface area is 182 Å². The molecule has 0 atom stereocenters.